The van der Waals surface area contributed by atoms with Crippen molar-refractivity contribution in [1.29, 1.82) is 0 Å². The minimum absolute atomic E-state index is 0.0423. The number of hydrogen-bond acceptors (Lipinski definition) is 3. The normalized spacial score (nSPS) is 20.9. The summed E-state index contributed by atoms with van der Waals surface area (Å²) < 4.78 is 0. The van der Waals surface area contributed by atoms with E-state index in [0.717, 1.165) is 32.0 Å². The second-order valence-corrected chi connectivity index (χ2v) is 5.32. The van der Waals surface area contributed by atoms with Gasteiger partial charge in [0.2, 0.25) is 5.91 Å². The summed E-state index contributed by atoms with van der Waals surface area (Å²) in [6, 6.07) is 0.813. The van der Waals surface area contributed by atoms with E-state index in [1.54, 1.807) is 0 Å². The summed E-state index contributed by atoms with van der Waals surface area (Å²) in [4.78, 5) is 25.4. The molecule has 1 aliphatic heterocycles. The number of carbonyl (C=O) groups is 2. The van der Waals surface area contributed by atoms with Crippen molar-refractivity contribution in [3.63, 3.8) is 0 Å². The molecule has 0 unspecified atom stereocenters. The smallest absolute Gasteiger partial charge is 0.315 e. The fourth-order valence-corrected chi connectivity index (χ4v) is 2.51. The van der Waals surface area contributed by atoms with Crippen molar-refractivity contribution >= 4 is 11.9 Å². The van der Waals surface area contributed by atoms with Crippen LogP contribution in [0.5, 0.6) is 0 Å². The van der Waals surface area contributed by atoms with Crippen LogP contribution in [0.1, 0.15) is 32.6 Å². The summed E-state index contributed by atoms with van der Waals surface area (Å²) in [5.74, 6) is -0.152. The molecule has 6 heteroatoms. The van der Waals surface area contributed by atoms with E-state index in [2.05, 4.69) is 20.9 Å². The van der Waals surface area contributed by atoms with Gasteiger partial charge in [-0.15, -0.1) is 0 Å². The number of nitrogens with zero attached hydrogens (tertiary/aromatic N) is 1. The molecule has 3 amide bonds. The van der Waals surface area contributed by atoms with Crippen molar-refractivity contribution in [3.05, 3.63) is 0 Å². The first-order valence-electron chi connectivity index (χ1n) is 7.24. The molecule has 0 radical (unpaired) electrons. The maximum absolute atomic E-state index is 11.6. The molecular weight excluding hydrogens is 244 g/mol. The predicted octanol–water partition coefficient (Wildman–Crippen LogP) is 0.0485. The van der Waals surface area contributed by atoms with E-state index < -0.39 is 0 Å². The van der Waals surface area contributed by atoms with Crippen molar-refractivity contribution in [1.82, 2.24) is 20.9 Å². The Morgan fingerprint density at radius 3 is 2.37 bits per heavy atom. The fraction of sp³-hybridized carbons (Fsp3) is 0.846. The van der Waals surface area contributed by atoms with E-state index in [1.165, 1.54) is 12.8 Å². The van der Waals surface area contributed by atoms with Crippen molar-refractivity contribution < 1.29 is 9.59 Å². The topological polar surface area (TPSA) is 73.5 Å². The second-order valence-electron chi connectivity index (χ2n) is 5.32. The average molecular weight is 268 g/mol. The molecule has 3 N–H and O–H groups in total. The van der Waals surface area contributed by atoms with Crippen LogP contribution in [0.3, 0.4) is 0 Å². The molecule has 0 aromatic carbocycles. The summed E-state index contributed by atoms with van der Waals surface area (Å²) in [5.41, 5.74) is 0. The summed E-state index contributed by atoms with van der Waals surface area (Å²) in [5, 5.41) is 8.17. The van der Waals surface area contributed by atoms with Crippen molar-refractivity contribution in [2.45, 2.75) is 44.7 Å². The third-order valence-electron chi connectivity index (χ3n) is 3.71. The van der Waals surface area contributed by atoms with Crippen LogP contribution in [-0.4, -0.2) is 55.1 Å². The third-order valence-corrected chi connectivity index (χ3v) is 3.71. The molecule has 1 saturated carbocycles. The highest BCUT2D eigenvalue weighted by Crippen LogP contribution is 2.29. The van der Waals surface area contributed by atoms with Crippen LogP contribution >= 0.6 is 0 Å². The molecule has 1 aliphatic carbocycles. The van der Waals surface area contributed by atoms with Gasteiger partial charge in [0, 0.05) is 31.7 Å². The number of piperidine rings is 1. The van der Waals surface area contributed by atoms with Crippen LogP contribution in [0.25, 0.3) is 0 Å². The lowest BCUT2D eigenvalue weighted by molar-refractivity contribution is -0.119. The van der Waals surface area contributed by atoms with Gasteiger partial charge >= 0.3 is 6.03 Å². The Labute approximate surface area is 114 Å². The molecule has 0 atom stereocenters. The number of likely N-dealkylation sites (N-methyl/N-ethyl adjacent to an activating group) is 1. The van der Waals surface area contributed by atoms with Gasteiger partial charge in [-0.1, -0.05) is 0 Å². The van der Waals surface area contributed by atoms with Gasteiger partial charge in [-0.2, -0.15) is 0 Å². The first-order valence-corrected chi connectivity index (χ1v) is 7.24. The zero-order valence-electron chi connectivity index (χ0n) is 11.6. The lowest BCUT2D eigenvalue weighted by atomic mass is 10.1. The van der Waals surface area contributed by atoms with Crippen LogP contribution in [0, 0.1) is 0 Å². The first-order chi connectivity index (χ1) is 9.19. The molecule has 2 aliphatic rings. The van der Waals surface area contributed by atoms with E-state index in [0.29, 0.717) is 6.54 Å². The standard InChI is InChI=1S/C13H24N4O2/c1-2-14-12(18)9-15-13(19)16-10-5-7-17(8-6-10)11-3-4-11/h10-11H,2-9H2,1H3,(H,14,18)(H2,15,16,19). The SMILES string of the molecule is CCNC(=O)CNC(=O)NC1CCN(C2CC2)CC1. The summed E-state index contributed by atoms with van der Waals surface area (Å²) >= 11 is 0. The summed E-state index contributed by atoms with van der Waals surface area (Å²) in [7, 11) is 0. The maximum Gasteiger partial charge on any atom is 0.315 e. The molecule has 0 bridgehead atoms. The largest absolute Gasteiger partial charge is 0.355 e. The van der Waals surface area contributed by atoms with Crippen molar-refractivity contribution in [2.75, 3.05) is 26.2 Å². The Morgan fingerprint density at radius 1 is 1.11 bits per heavy atom. The highest BCUT2D eigenvalue weighted by Gasteiger charge is 2.32. The highest BCUT2D eigenvalue weighted by molar-refractivity contribution is 5.83. The van der Waals surface area contributed by atoms with Crippen LogP contribution in [0.4, 0.5) is 4.79 Å². The number of hydrogen-bond donors (Lipinski definition) is 3. The highest BCUT2D eigenvalue weighted by atomic mass is 16.2. The molecular formula is C13H24N4O2. The van der Waals surface area contributed by atoms with E-state index >= 15 is 0 Å². The number of rotatable bonds is 5. The van der Waals surface area contributed by atoms with E-state index in [9.17, 15) is 9.59 Å². The molecule has 1 heterocycles. The van der Waals surface area contributed by atoms with Crippen LogP contribution in [0.15, 0.2) is 0 Å². The molecule has 1 saturated heterocycles. The van der Waals surface area contributed by atoms with E-state index in [1.807, 2.05) is 6.92 Å². The van der Waals surface area contributed by atoms with Crippen molar-refractivity contribution in [2.24, 2.45) is 0 Å². The average Bonchev–Trinajstić information content (AvgIpc) is 3.22. The van der Waals surface area contributed by atoms with Gasteiger partial charge in [-0.05, 0) is 32.6 Å². The van der Waals surface area contributed by atoms with Gasteiger partial charge in [-0.3, -0.25) is 4.79 Å². The van der Waals surface area contributed by atoms with Crippen LogP contribution < -0.4 is 16.0 Å². The van der Waals surface area contributed by atoms with E-state index in [4.69, 9.17) is 0 Å². The molecule has 2 rings (SSSR count). The Morgan fingerprint density at radius 2 is 1.79 bits per heavy atom. The summed E-state index contributed by atoms with van der Waals surface area (Å²) in [6.07, 6.45) is 4.69. The molecule has 108 valence electrons. The Balaban J connectivity index is 1.59. The van der Waals surface area contributed by atoms with Gasteiger partial charge in [0.15, 0.2) is 0 Å². The first kappa shape index (κ1) is 14.1. The lowest BCUT2D eigenvalue weighted by Crippen LogP contribution is -2.49. The molecule has 0 aromatic rings. The fourth-order valence-electron chi connectivity index (χ4n) is 2.51. The Kier molecular flexibility index (Phi) is 5.01. The van der Waals surface area contributed by atoms with Crippen LogP contribution in [-0.2, 0) is 4.79 Å². The number of nitrogens with one attached hydrogen (secondary N) is 3. The second kappa shape index (κ2) is 6.75. The van der Waals surface area contributed by atoms with Gasteiger partial charge in [0.05, 0.1) is 6.54 Å². The number of amides is 3. The molecule has 0 spiro atoms. The zero-order chi connectivity index (χ0) is 13.7. The third kappa shape index (κ3) is 4.70. The van der Waals surface area contributed by atoms with E-state index in [-0.39, 0.29) is 24.5 Å². The predicted molar refractivity (Wildman–Crippen MR) is 72.8 cm³/mol. The van der Waals surface area contributed by atoms with Crippen LogP contribution in [0.2, 0.25) is 0 Å². The molecule has 0 aromatic heterocycles. The Hall–Kier alpha value is -1.30. The molecule has 2 fully saturated rings. The quantitative estimate of drug-likeness (QED) is 0.659. The van der Waals surface area contributed by atoms with Gasteiger partial charge in [0.1, 0.15) is 0 Å². The monoisotopic (exact) mass is 268 g/mol. The Bertz CT molecular complexity index is 323. The summed E-state index contributed by atoms with van der Waals surface area (Å²) in [6.45, 7) is 4.63. The minimum atomic E-state index is -0.240. The maximum atomic E-state index is 11.6. The lowest BCUT2D eigenvalue weighted by Gasteiger charge is -2.32. The molecule has 19 heavy (non-hydrogen) atoms. The minimum Gasteiger partial charge on any atom is -0.355 e. The molecule has 6 nitrogen and oxygen atoms in total. The number of carbonyl (C=O) groups excluding carboxylic acids is 2. The van der Waals surface area contributed by atoms with Gasteiger partial charge in [0.25, 0.3) is 0 Å². The number of likely N-dealkylation sites (tertiary alicyclic amines) is 1. The number of urea groups is 1. The van der Waals surface area contributed by atoms with Gasteiger partial charge in [-0.25, -0.2) is 4.79 Å². The van der Waals surface area contributed by atoms with Gasteiger partial charge < -0.3 is 20.9 Å². The zero-order valence-corrected chi connectivity index (χ0v) is 11.6. The van der Waals surface area contributed by atoms with Crippen molar-refractivity contribution in [3.8, 4) is 0 Å².